The van der Waals surface area contributed by atoms with Crippen molar-refractivity contribution in [3.63, 3.8) is 0 Å². The normalized spacial score (nSPS) is 24.0. The Morgan fingerprint density at radius 1 is 1.22 bits per heavy atom. The standard InChI is InChI=1S/C18H24N2O3/c1-3-15(20-10-8-14(12-21)9-11-20)5-4-13(2)16-6-7-17(22)19-18(16)23/h3-5,12,14,16H,2,6-11H2,1H3,(H,19,22,23)/b5-4-,15-3+/t16-/m0/s1. The topological polar surface area (TPSA) is 66.5 Å². The van der Waals surface area contributed by atoms with E-state index in [4.69, 9.17) is 0 Å². The van der Waals surface area contributed by atoms with Crippen LogP contribution in [0.15, 0.2) is 36.1 Å². The maximum Gasteiger partial charge on any atom is 0.234 e. The van der Waals surface area contributed by atoms with E-state index in [1.807, 2.05) is 25.2 Å². The molecule has 0 bridgehead atoms. The van der Waals surface area contributed by atoms with E-state index in [0.29, 0.717) is 12.8 Å². The lowest BCUT2D eigenvalue weighted by molar-refractivity contribution is -0.135. The first kappa shape index (κ1) is 17.2. The zero-order valence-electron chi connectivity index (χ0n) is 13.6. The number of allylic oxidation sites excluding steroid dienone is 3. The van der Waals surface area contributed by atoms with Crippen molar-refractivity contribution in [2.75, 3.05) is 13.1 Å². The fourth-order valence-electron chi connectivity index (χ4n) is 3.03. The van der Waals surface area contributed by atoms with Crippen molar-refractivity contribution >= 4 is 18.1 Å². The second-order valence-electron chi connectivity index (χ2n) is 6.09. The van der Waals surface area contributed by atoms with Gasteiger partial charge in [0.1, 0.15) is 6.29 Å². The highest BCUT2D eigenvalue weighted by molar-refractivity contribution is 6.00. The predicted octanol–water partition coefficient (Wildman–Crippen LogP) is 1.97. The van der Waals surface area contributed by atoms with E-state index in [-0.39, 0.29) is 23.7 Å². The van der Waals surface area contributed by atoms with Gasteiger partial charge in [0.15, 0.2) is 0 Å². The van der Waals surface area contributed by atoms with Gasteiger partial charge in [-0.3, -0.25) is 14.9 Å². The minimum atomic E-state index is -0.331. The summed E-state index contributed by atoms with van der Waals surface area (Å²) in [5, 5.41) is 2.36. The molecule has 0 saturated carbocycles. The van der Waals surface area contributed by atoms with Crippen molar-refractivity contribution < 1.29 is 14.4 Å². The summed E-state index contributed by atoms with van der Waals surface area (Å²) in [6.07, 6.45) is 9.53. The molecule has 0 unspecified atom stereocenters. The lowest BCUT2D eigenvalue weighted by Crippen LogP contribution is -2.41. The fraction of sp³-hybridized carbons (Fsp3) is 0.500. The second kappa shape index (κ2) is 7.90. The molecule has 5 heteroatoms. The summed E-state index contributed by atoms with van der Waals surface area (Å²) in [5.41, 5.74) is 1.79. The van der Waals surface area contributed by atoms with Gasteiger partial charge in [0, 0.05) is 31.1 Å². The summed E-state index contributed by atoms with van der Waals surface area (Å²) in [7, 11) is 0. The second-order valence-corrected chi connectivity index (χ2v) is 6.09. The number of nitrogens with one attached hydrogen (secondary N) is 1. The van der Waals surface area contributed by atoms with Crippen molar-refractivity contribution in [3.05, 3.63) is 36.1 Å². The van der Waals surface area contributed by atoms with E-state index in [1.54, 1.807) is 0 Å². The Balaban J connectivity index is 1.94. The monoisotopic (exact) mass is 316 g/mol. The molecule has 2 amide bonds. The summed E-state index contributed by atoms with van der Waals surface area (Å²) in [6, 6.07) is 0. The van der Waals surface area contributed by atoms with E-state index in [1.165, 1.54) is 0 Å². The number of amides is 2. The molecule has 2 fully saturated rings. The number of piperidine rings is 2. The number of imide groups is 1. The van der Waals surface area contributed by atoms with Gasteiger partial charge in [0.05, 0.1) is 5.92 Å². The Labute approximate surface area is 137 Å². The molecule has 5 nitrogen and oxygen atoms in total. The van der Waals surface area contributed by atoms with Crippen molar-refractivity contribution in [1.82, 2.24) is 10.2 Å². The summed E-state index contributed by atoms with van der Waals surface area (Å²) < 4.78 is 0. The van der Waals surface area contributed by atoms with Gasteiger partial charge in [0.2, 0.25) is 11.8 Å². The average Bonchev–Trinajstić information content (AvgIpc) is 2.55. The molecule has 2 heterocycles. The molecule has 1 N–H and O–H groups in total. The molecule has 0 radical (unpaired) electrons. The van der Waals surface area contributed by atoms with Crippen LogP contribution in [0.5, 0.6) is 0 Å². The molecular formula is C18H24N2O3. The molecule has 2 aliphatic rings. The minimum Gasteiger partial charge on any atom is -0.372 e. The van der Waals surface area contributed by atoms with Crippen LogP contribution in [0, 0.1) is 11.8 Å². The van der Waals surface area contributed by atoms with Crippen LogP contribution in [0.4, 0.5) is 0 Å². The lowest BCUT2D eigenvalue weighted by Gasteiger charge is -2.32. The maximum atomic E-state index is 11.8. The quantitative estimate of drug-likeness (QED) is 0.478. The lowest BCUT2D eigenvalue weighted by atomic mass is 9.90. The first-order valence-electron chi connectivity index (χ1n) is 8.12. The van der Waals surface area contributed by atoms with Gasteiger partial charge >= 0.3 is 0 Å². The van der Waals surface area contributed by atoms with Crippen molar-refractivity contribution in [3.8, 4) is 0 Å². The molecule has 0 spiro atoms. The average molecular weight is 316 g/mol. The predicted molar refractivity (Wildman–Crippen MR) is 88.3 cm³/mol. The molecule has 0 aromatic carbocycles. The van der Waals surface area contributed by atoms with E-state index in [9.17, 15) is 14.4 Å². The third-order valence-electron chi connectivity index (χ3n) is 4.55. The van der Waals surface area contributed by atoms with Crippen LogP contribution in [0.1, 0.15) is 32.6 Å². The van der Waals surface area contributed by atoms with Gasteiger partial charge in [0.25, 0.3) is 0 Å². The van der Waals surface area contributed by atoms with Gasteiger partial charge in [-0.1, -0.05) is 18.7 Å². The number of aldehydes is 1. The zero-order chi connectivity index (χ0) is 16.8. The van der Waals surface area contributed by atoms with Gasteiger partial charge in [-0.15, -0.1) is 0 Å². The van der Waals surface area contributed by atoms with Crippen LogP contribution < -0.4 is 5.32 Å². The Morgan fingerprint density at radius 2 is 1.91 bits per heavy atom. The molecule has 2 saturated heterocycles. The van der Waals surface area contributed by atoms with Crippen LogP contribution in [-0.2, 0) is 14.4 Å². The van der Waals surface area contributed by atoms with Crippen LogP contribution >= 0.6 is 0 Å². The van der Waals surface area contributed by atoms with Gasteiger partial charge in [-0.25, -0.2) is 0 Å². The number of likely N-dealkylation sites (tertiary alicyclic amines) is 1. The molecule has 0 aliphatic carbocycles. The Hall–Kier alpha value is -2.17. The molecule has 2 aliphatic heterocycles. The van der Waals surface area contributed by atoms with Crippen LogP contribution in [-0.4, -0.2) is 36.1 Å². The summed E-state index contributed by atoms with van der Waals surface area (Å²) in [5.74, 6) is -0.630. The molecule has 2 rings (SSSR count). The Kier molecular flexibility index (Phi) is 5.90. The van der Waals surface area contributed by atoms with Crippen LogP contribution in [0.2, 0.25) is 0 Å². The molecule has 0 aromatic heterocycles. The van der Waals surface area contributed by atoms with Crippen LogP contribution in [0.25, 0.3) is 0 Å². The molecule has 0 aromatic rings. The van der Waals surface area contributed by atoms with E-state index in [0.717, 1.165) is 43.5 Å². The third kappa shape index (κ3) is 4.41. The van der Waals surface area contributed by atoms with Crippen molar-refractivity contribution in [1.29, 1.82) is 0 Å². The zero-order valence-corrected chi connectivity index (χ0v) is 13.6. The maximum absolute atomic E-state index is 11.8. The highest BCUT2D eigenvalue weighted by atomic mass is 16.2. The fourth-order valence-corrected chi connectivity index (χ4v) is 3.03. The van der Waals surface area contributed by atoms with Gasteiger partial charge in [-0.2, -0.15) is 0 Å². The summed E-state index contributed by atoms with van der Waals surface area (Å²) >= 11 is 0. The SMILES string of the molecule is C=C(/C=C\C(=C/C)N1CCC(C=O)CC1)[C@@H]1CCC(=O)NC1=O. The highest BCUT2D eigenvalue weighted by Crippen LogP contribution is 2.23. The number of rotatable bonds is 5. The summed E-state index contributed by atoms with van der Waals surface area (Å²) in [6.45, 7) is 7.67. The molecule has 124 valence electrons. The molecular weight excluding hydrogens is 292 g/mol. The van der Waals surface area contributed by atoms with Crippen LogP contribution in [0.3, 0.4) is 0 Å². The number of hydrogen-bond donors (Lipinski definition) is 1. The number of hydrogen-bond acceptors (Lipinski definition) is 4. The van der Waals surface area contributed by atoms with E-state index in [2.05, 4.69) is 16.8 Å². The Morgan fingerprint density at radius 3 is 2.48 bits per heavy atom. The number of carbonyl (C=O) groups is 3. The van der Waals surface area contributed by atoms with E-state index < -0.39 is 0 Å². The molecule has 1 atom stereocenters. The third-order valence-corrected chi connectivity index (χ3v) is 4.55. The van der Waals surface area contributed by atoms with Crippen molar-refractivity contribution in [2.24, 2.45) is 11.8 Å². The Bertz CT molecular complexity index is 555. The van der Waals surface area contributed by atoms with Gasteiger partial charge in [-0.05, 0) is 37.8 Å². The minimum absolute atomic E-state index is 0.173. The summed E-state index contributed by atoms with van der Waals surface area (Å²) in [4.78, 5) is 36.1. The van der Waals surface area contributed by atoms with E-state index >= 15 is 0 Å². The smallest absolute Gasteiger partial charge is 0.234 e. The molecule has 23 heavy (non-hydrogen) atoms. The first-order chi connectivity index (χ1) is 11.0. The number of carbonyl (C=O) groups excluding carboxylic acids is 3. The van der Waals surface area contributed by atoms with Crippen molar-refractivity contribution in [2.45, 2.75) is 32.6 Å². The van der Waals surface area contributed by atoms with Gasteiger partial charge < -0.3 is 9.69 Å². The first-order valence-corrected chi connectivity index (χ1v) is 8.12. The number of nitrogens with zero attached hydrogens (tertiary/aromatic N) is 1. The highest BCUT2D eigenvalue weighted by Gasteiger charge is 2.27. The largest absolute Gasteiger partial charge is 0.372 e.